The Morgan fingerprint density at radius 1 is 1.14 bits per heavy atom. The monoisotopic (exact) mass is 381 g/mol. The van der Waals surface area contributed by atoms with E-state index in [1.807, 2.05) is 55.1 Å². The second-order valence-electron chi connectivity index (χ2n) is 7.14. The van der Waals surface area contributed by atoms with Crippen LogP contribution in [0.15, 0.2) is 42.5 Å². The van der Waals surface area contributed by atoms with Crippen LogP contribution in [0.5, 0.6) is 5.75 Å². The standard InChI is InChI=1S/C22H27N3O3/c1-16-11-17(2)13-20(12-16)28-10-7-21(26)24-14-18-3-5-19(6-4-18)25-9-8-23-22(27)15-25/h3-6,11-13H,7-10,14-15H2,1-2H3,(H,23,27)(H,24,26). The fraction of sp³-hybridized carbons (Fsp3) is 0.364. The number of benzene rings is 2. The third kappa shape index (κ3) is 5.74. The lowest BCUT2D eigenvalue weighted by Crippen LogP contribution is -2.47. The molecule has 0 spiro atoms. The van der Waals surface area contributed by atoms with Crippen molar-refractivity contribution in [1.82, 2.24) is 10.6 Å². The van der Waals surface area contributed by atoms with Crippen molar-refractivity contribution < 1.29 is 14.3 Å². The molecular weight excluding hydrogens is 354 g/mol. The average molecular weight is 381 g/mol. The van der Waals surface area contributed by atoms with Crippen LogP contribution in [0.25, 0.3) is 0 Å². The number of amides is 2. The van der Waals surface area contributed by atoms with Gasteiger partial charge in [-0.1, -0.05) is 18.2 Å². The number of carbonyl (C=O) groups is 2. The number of hydrogen-bond acceptors (Lipinski definition) is 4. The fourth-order valence-electron chi connectivity index (χ4n) is 3.25. The molecule has 2 N–H and O–H groups in total. The summed E-state index contributed by atoms with van der Waals surface area (Å²) in [6.07, 6.45) is 0.313. The summed E-state index contributed by atoms with van der Waals surface area (Å²) in [6.45, 7) is 6.74. The molecule has 6 nitrogen and oxygen atoms in total. The van der Waals surface area contributed by atoms with Gasteiger partial charge in [0.25, 0.3) is 0 Å². The number of nitrogens with one attached hydrogen (secondary N) is 2. The van der Waals surface area contributed by atoms with Crippen LogP contribution in [-0.4, -0.2) is 38.1 Å². The van der Waals surface area contributed by atoms with Gasteiger partial charge in [0.1, 0.15) is 5.75 Å². The van der Waals surface area contributed by atoms with E-state index in [9.17, 15) is 9.59 Å². The van der Waals surface area contributed by atoms with Gasteiger partial charge in [0, 0.05) is 25.3 Å². The average Bonchev–Trinajstić information content (AvgIpc) is 2.66. The number of piperazine rings is 1. The summed E-state index contributed by atoms with van der Waals surface area (Å²) in [5, 5.41) is 5.74. The summed E-state index contributed by atoms with van der Waals surface area (Å²) >= 11 is 0. The SMILES string of the molecule is Cc1cc(C)cc(OCCC(=O)NCc2ccc(N3CCNC(=O)C3)cc2)c1. The molecule has 0 radical (unpaired) electrons. The Balaban J connectivity index is 1.41. The lowest BCUT2D eigenvalue weighted by molar-refractivity contribution is -0.122. The third-order valence-electron chi connectivity index (χ3n) is 4.62. The molecule has 148 valence electrons. The van der Waals surface area contributed by atoms with Gasteiger partial charge in [0.2, 0.25) is 11.8 Å². The normalized spacial score (nSPS) is 13.8. The summed E-state index contributed by atoms with van der Waals surface area (Å²) in [5.74, 6) is 0.805. The molecule has 0 aromatic heterocycles. The molecule has 3 rings (SSSR count). The number of hydrogen-bond donors (Lipinski definition) is 2. The zero-order chi connectivity index (χ0) is 19.9. The summed E-state index contributed by atoms with van der Waals surface area (Å²) in [5.41, 5.74) is 4.33. The van der Waals surface area contributed by atoms with Gasteiger partial charge in [-0.3, -0.25) is 9.59 Å². The van der Waals surface area contributed by atoms with Gasteiger partial charge < -0.3 is 20.3 Å². The minimum atomic E-state index is -0.0406. The number of nitrogens with zero attached hydrogens (tertiary/aromatic N) is 1. The summed E-state index contributed by atoms with van der Waals surface area (Å²) in [6, 6.07) is 14.0. The number of aryl methyl sites for hydroxylation is 2. The first-order valence-electron chi connectivity index (χ1n) is 9.58. The van der Waals surface area contributed by atoms with Crippen LogP contribution < -0.4 is 20.3 Å². The Morgan fingerprint density at radius 3 is 2.54 bits per heavy atom. The molecule has 2 aromatic rings. The molecule has 0 bridgehead atoms. The van der Waals surface area contributed by atoms with Gasteiger partial charge in [-0.2, -0.15) is 0 Å². The van der Waals surface area contributed by atoms with Crippen molar-refractivity contribution in [2.24, 2.45) is 0 Å². The second-order valence-corrected chi connectivity index (χ2v) is 7.14. The van der Waals surface area contributed by atoms with E-state index in [0.29, 0.717) is 32.7 Å². The molecule has 2 aromatic carbocycles. The van der Waals surface area contributed by atoms with E-state index in [1.54, 1.807) is 0 Å². The Bertz CT molecular complexity index is 813. The number of ether oxygens (including phenoxy) is 1. The summed E-state index contributed by atoms with van der Waals surface area (Å²) in [4.78, 5) is 25.6. The van der Waals surface area contributed by atoms with Crippen molar-refractivity contribution in [3.63, 3.8) is 0 Å². The first kappa shape index (κ1) is 19.7. The number of rotatable bonds is 7. The molecule has 1 fully saturated rings. The lowest BCUT2D eigenvalue weighted by atomic mass is 10.1. The number of carbonyl (C=O) groups excluding carboxylic acids is 2. The highest BCUT2D eigenvalue weighted by molar-refractivity contribution is 5.82. The minimum Gasteiger partial charge on any atom is -0.493 e. The van der Waals surface area contributed by atoms with Crippen LogP contribution in [-0.2, 0) is 16.1 Å². The van der Waals surface area contributed by atoms with Crippen molar-refractivity contribution >= 4 is 17.5 Å². The van der Waals surface area contributed by atoms with Crippen molar-refractivity contribution in [2.75, 3.05) is 31.1 Å². The maximum Gasteiger partial charge on any atom is 0.239 e. The molecule has 2 amide bonds. The van der Waals surface area contributed by atoms with E-state index in [-0.39, 0.29) is 11.8 Å². The molecule has 0 aliphatic carbocycles. The quantitative estimate of drug-likeness (QED) is 0.772. The predicted molar refractivity (Wildman–Crippen MR) is 110 cm³/mol. The Kier molecular flexibility index (Phi) is 6.53. The maximum atomic E-state index is 12.0. The van der Waals surface area contributed by atoms with Crippen LogP contribution in [0.4, 0.5) is 5.69 Å². The predicted octanol–water partition coefficient (Wildman–Crippen LogP) is 2.32. The van der Waals surface area contributed by atoms with E-state index in [2.05, 4.69) is 16.7 Å². The topological polar surface area (TPSA) is 70.7 Å². The summed E-state index contributed by atoms with van der Waals surface area (Å²) < 4.78 is 5.68. The summed E-state index contributed by atoms with van der Waals surface area (Å²) in [7, 11) is 0. The van der Waals surface area contributed by atoms with Gasteiger partial charge in [0.05, 0.1) is 19.6 Å². The highest BCUT2D eigenvalue weighted by Crippen LogP contribution is 2.17. The van der Waals surface area contributed by atoms with Gasteiger partial charge in [-0.25, -0.2) is 0 Å². The Morgan fingerprint density at radius 2 is 1.86 bits per heavy atom. The van der Waals surface area contributed by atoms with E-state index in [1.165, 1.54) is 0 Å². The Hall–Kier alpha value is -3.02. The van der Waals surface area contributed by atoms with E-state index in [4.69, 9.17) is 4.74 Å². The maximum absolute atomic E-state index is 12.0. The lowest BCUT2D eigenvalue weighted by Gasteiger charge is -2.28. The van der Waals surface area contributed by atoms with Crippen LogP contribution in [0.3, 0.4) is 0 Å². The molecule has 0 atom stereocenters. The van der Waals surface area contributed by atoms with Gasteiger partial charge in [-0.15, -0.1) is 0 Å². The van der Waals surface area contributed by atoms with E-state index >= 15 is 0 Å². The molecule has 1 aliphatic rings. The van der Waals surface area contributed by atoms with Crippen molar-refractivity contribution in [1.29, 1.82) is 0 Å². The molecule has 28 heavy (non-hydrogen) atoms. The molecule has 1 saturated heterocycles. The zero-order valence-corrected chi connectivity index (χ0v) is 16.5. The first-order valence-corrected chi connectivity index (χ1v) is 9.58. The van der Waals surface area contributed by atoms with E-state index in [0.717, 1.165) is 34.7 Å². The van der Waals surface area contributed by atoms with E-state index < -0.39 is 0 Å². The van der Waals surface area contributed by atoms with Crippen LogP contribution in [0.1, 0.15) is 23.1 Å². The molecule has 6 heteroatoms. The minimum absolute atomic E-state index is 0.0406. The van der Waals surface area contributed by atoms with Gasteiger partial charge in [0.15, 0.2) is 0 Å². The largest absolute Gasteiger partial charge is 0.493 e. The Labute approximate surface area is 165 Å². The second kappa shape index (κ2) is 9.26. The van der Waals surface area contributed by atoms with Gasteiger partial charge in [-0.05, 0) is 54.8 Å². The highest BCUT2D eigenvalue weighted by Gasteiger charge is 2.16. The van der Waals surface area contributed by atoms with Gasteiger partial charge >= 0.3 is 0 Å². The van der Waals surface area contributed by atoms with Crippen LogP contribution in [0.2, 0.25) is 0 Å². The number of anilines is 1. The van der Waals surface area contributed by atoms with Crippen LogP contribution in [0, 0.1) is 13.8 Å². The van der Waals surface area contributed by atoms with Crippen molar-refractivity contribution in [3.8, 4) is 5.75 Å². The molecule has 0 unspecified atom stereocenters. The fourth-order valence-corrected chi connectivity index (χ4v) is 3.25. The molecule has 1 aliphatic heterocycles. The van der Waals surface area contributed by atoms with Crippen molar-refractivity contribution in [3.05, 3.63) is 59.2 Å². The molecule has 1 heterocycles. The highest BCUT2D eigenvalue weighted by atomic mass is 16.5. The third-order valence-corrected chi connectivity index (χ3v) is 4.62. The first-order chi connectivity index (χ1) is 13.5. The molecule has 0 saturated carbocycles. The molecular formula is C22H27N3O3. The zero-order valence-electron chi connectivity index (χ0n) is 16.5. The van der Waals surface area contributed by atoms with Crippen LogP contribution >= 0.6 is 0 Å². The smallest absolute Gasteiger partial charge is 0.239 e. The van der Waals surface area contributed by atoms with Crippen molar-refractivity contribution in [2.45, 2.75) is 26.8 Å².